The lowest BCUT2D eigenvalue weighted by Crippen LogP contribution is -2.59. The lowest BCUT2D eigenvalue weighted by atomic mass is 9.88. The number of nitrogens with zero attached hydrogens (tertiary/aromatic N) is 3. The average molecular weight is 637 g/mol. The van der Waals surface area contributed by atoms with E-state index in [4.69, 9.17) is 15.9 Å². The number of aromatic amines is 2. The highest BCUT2D eigenvalue weighted by Gasteiger charge is 2.37. The van der Waals surface area contributed by atoms with Crippen LogP contribution in [-0.4, -0.2) is 49.3 Å². The van der Waals surface area contributed by atoms with Crippen LogP contribution in [0.15, 0.2) is 103 Å². The van der Waals surface area contributed by atoms with Gasteiger partial charge < -0.3 is 30.9 Å². The fraction of sp³-hybridized carbons (Fsp3) is 0.256. The Balaban J connectivity index is 1.20. The van der Waals surface area contributed by atoms with Crippen molar-refractivity contribution in [2.45, 2.75) is 50.2 Å². The topological polar surface area (TPSA) is 129 Å². The number of fused-ring (bicyclic) bond motifs is 3. The highest BCUT2D eigenvalue weighted by Crippen LogP contribution is 2.28. The summed E-state index contributed by atoms with van der Waals surface area (Å²) in [6, 6.07) is 31.1. The van der Waals surface area contributed by atoms with Crippen LogP contribution in [-0.2, 0) is 30.6 Å². The van der Waals surface area contributed by atoms with Crippen LogP contribution >= 0.6 is 0 Å². The van der Waals surface area contributed by atoms with E-state index in [1.54, 1.807) is 0 Å². The Morgan fingerprint density at radius 1 is 0.771 bits per heavy atom. The summed E-state index contributed by atoms with van der Waals surface area (Å²) in [6.45, 7) is 2.00. The summed E-state index contributed by atoms with van der Waals surface area (Å²) in [5.41, 5.74) is 11.5. The molecule has 1 atom stereocenters. The second kappa shape index (κ2) is 12.7. The average Bonchev–Trinajstić information content (AvgIpc) is 3.84. The molecule has 1 aliphatic heterocycles. The fourth-order valence-corrected chi connectivity index (χ4v) is 7.28. The van der Waals surface area contributed by atoms with Crippen molar-refractivity contribution in [1.29, 1.82) is 0 Å². The molecule has 4 aromatic carbocycles. The van der Waals surface area contributed by atoms with Crippen LogP contribution in [0.1, 0.15) is 47.2 Å². The molecule has 242 valence electrons. The summed E-state index contributed by atoms with van der Waals surface area (Å²) in [6.07, 6.45) is 7.33. The summed E-state index contributed by atoms with van der Waals surface area (Å²) in [5, 5.41) is 21.1. The maximum atomic E-state index is 14.0. The van der Waals surface area contributed by atoms with Crippen molar-refractivity contribution in [3.8, 4) is 0 Å². The third-order valence-electron chi connectivity index (χ3n) is 10.0. The molecule has 1 fully saturated rings. The Kier molecular flexibility index (Phi) is 7.99. The molecule has 48 heavy (non-hydrogen) atoms. The van der Waals surface area contributed by atoms with Crippen molar-refractivity contribution in [3.63, 3.8) is 0 Å². The monoisotopic (exact) mass is 636 g/mol. The van der Waals surface area contributed by atoms with Crippen molar-refractivity contribution < 1.29 is 4.79 Å². The molecule has 0 saturated carbocycles. The van der Waals surface area contributed by atoms with E-state index in [0.29, 0.717) is 45.3 Å². The van der Waals surface area contributed by atoms with Crippen molar-refractivity contribution in [2.24, 2.45) is 5.73 Å². The van der Waals surface area contributed by atoms with Gasteiger partial charge in [-0.2, -0.15) is 0 Å². The van der Waals surface area contributed by atoms with Crippen molar-refractivity contribution in [3.05, 3.63) is 132 Å². The van der Waals surface area contributed by atoms with Gasteiger partial charge >= 0.3 is 0 Å². The van der Waals surface area contributed by atoms with Gasteiger partial charge in [0.1, 0.15) is 5.82 Å². The Morgan fingerprint density at radius 2 is 1.42 bits per heavy atom. The number of amides is 1. The first kappa shape index (κ1) is 30.1. The molecule has 0 bridgehead atoms. The van der Waals surface area contributed by atoms with Gasteiger partial charge in [-0.1, -0.05) is 78.9 Å². The Morgan fingerprint density at radius 3 is 2.19 bits per heavy atom. The van der Waals surface area contributed by atoms with Crippen LogP contribution in [0.3, 0.4) is 0 Å². The number of benzene rings is 4. The van der Waals surface area contributed by atoms with Gasteiger partial charge in [-0.3, -0.25) is 4.79 Å². The molecule has 6 N–H and O–H groups in total. The van der Waals surface area contributed by atoms with Gasteiger partial charge in [0.05, 0.1) is 18.1 Å². The molecular weight excluding hydrogens is 596 g/mol. The number of nitrogens with two attached hydrogens (primary N) is 1. The third-order valence-corrected chi connectivity index (χ3v) is 10.0. The molecule has 9 heteroatoms. The lowest BCUT2D eigenvalue weighted by Gasteiger charge is -2.34. The first-order chi connectivity index (χ1) is 23.6. The summed E-state index contributed by atoms with van der Waals surface area (Å²) in [5.74, 6) is 1.47. The minimum atomic E-state index is -0.942. The summed E-state index contributed by atoms with van der Waals surface area (Å²) in [7, 11) is 0. The van der Waals surface area contributed by atoms with E-state index in [1.165, 1.54) is 27.3 Å². The number of carbonyl (C=O) groups excluding carboxylic acids is 1. The number of para-hydroxylation sites is 2. The molecule has 0 spiro atoms. The molecular formula is C39H40N8O. The molecule has 7 aromatic rings. The predicted octanol–water partition coefficient (Wildman–Crippen LogP) is 5.71. The quantitative estimate of drug-likeness (QED) is 0.131. The highest BCUT2D eigenvalue weighted by molar-refractivity contribution is 5.88. The van der Waals surface area contributed by atoms with Gasteiger partial charge in [0.15, 0.2) is 5.82 Å². The smallest absolute Gasteiger partial charge is 0.240 e. The molecule has 1 unspecified atom stereocenters. The van der Waals surface area contributed by atoms with E-state index >= 15 is 0 Å². The molecule has 1 amide bonds. The van der Waals surface area contributed by atoms with Crippen molar-refractivity contribution in [2.75, 3.05) is 13.1 Å². The van der Waals surface area contributed by atoms with E-state index < -0.39 is 11.6 Å². The van der Waals surface area contributed by atoms with Crippen molar-refractivity contribution >= 4 is 38.5 Å². The minimum absolute atomic E-state index is 0.145. The Hall–Kier alpha value is -5.25. The zero-order valence-corrected chi connectivity index (χ0v) is 26.9. The molecule has 9 nitrogen and oxygen atoms in total. The zero-order valence-electron chi connectivity index (χ0n) is 26.9. The molecule has 1 aliphatic rings. The maximum Gasteiger partial charge on any atom is 0.240 e. The van der Waals surface area contributed by atoms with Crippen LogP contribution in [0.25, 0.3) is 32.6 Å². The largest absolute Gasteiger partial charge is 0.361 e. The van der Waals surface area contributed by atoms with E-state index in [9.17, 15) is 4.79 Å². The maximum absolute atomic E-state index is 14.0. The van der Waals surface area contributed by atoms with Gasteiger partial charge in [-0.25, -0.2) is 0 Å². The van der Waals surface area contributed by atoms with Gasteiger partial charge in [-0.05, 0) is 71.9 Å². The molecule has 4 heterocycles. The van der Waals surface area contributed by atoms with E-state index in [2.05, 4.69) is 104 Å². The number of aromatic nitrogens is 5. The summed E-state index contributed by atoms with van der Waals surface area (Å²) < 4.78 is 2.22. The van der Waals surface area contributed by atoms with Crippen LogP contribution in [0.2, 0.25) is 0 Å². The molecule has 8 rings (SSSR count). The minimum Gasteiger partial charge on any atom is -0.361 e. The van der Waals surface area contributed by atoms with Gasteiger partial charge in [0, 0.05) is 47.0 Å². The number of rotatable bonds is 10. The van der Waals surface area contributed by atoms with E-state index in [0.717, 1.165) is 40.1 Å². The second-order valence-electron chi connectivity index (χ2n) is 13.1. The zero-order chi connectivity index (χ0) is 32.5. The van der Waals surface area contributed by atoms with Gasteiger partial charge in [0.25, 0.3) is 0 Å². The Bertz CT molecular complexity index is 2210. The van der Waals surface area contributed by atoms with Crippen LogP contribution in [0.5, 0.6) is 0 Å². The number of piperidine rings is 1. The summed E-state index contributed by atoms with van der Waals surface area (Å²) >= 11 is 0. The van der Waals surface area contributed by atoms with Crippen LogP contribution < -0.4 is 16.4 Å². The van der Waals surface area contributed by atoms with Crippen LogP contribution in [0.4, 0.5) is 0 Å². The van der Waals surface area contributed by atoms with Gasteiger partial charge in [-0.15, -0.1) is 10.2 Å². The SMILES string of the molecule is NC1(C(=O)NC(Cc2c[nH]c3ccccc23)c2nnc(CCc3c[nH]c4ccccc34)n2Cc2cccc3ccccc23)CCNCC1. The molecule has 1 saturated heterocycles. The second-order valence-corrected chi connectivity index (χ2v) is 13.1. The number of hydrogen-bond acceptors (Lipinski definition) is 5. The summed E-state index contributed by atoms with van der Waals surface area (Å²) in [4.78, 5) is 20.8. The number of H-pyrrole nitrogens is 2. The lowest BCUT2D eigenvalue weighted by molar-refractivity contribution is -0.128. The Labute approximate surface area is 279 Å². The molecule has 0 radical (unpaired) electrons. The first-order valence-corrected chi connectivity index (χ1v) is 16.8. The normalized spacial score (nSPS) is 15.3. The van der Waals surface area contributed by atoms with E-state index in [-0.39, 0.29) is 5.91 Å². The predicted molar refractivity (Wildman–Crippen MR) is 191 cm³/mol. The van der Waals surface area contributed by atoms with Crippen LogP contribution in [0, 0.1) is 0 Å². The van der Waals surface area contributed by atoms with E-state index in [1.807, 2.05) is 24.4 Å². The molecule has 3 aromatic heterocycles. The third kappa shape index (κ3) is 5.76. The van der Waals surface area contributed by atoms with Crippen molar-refractivity contribution in [1.82, 2.24) is 35.4 Å². The number of aryl methyl sites for hydroxylation is 2. The fourth-order valence-electron chi connectivity index (χ4n) is 7.28. The standard InChI is InChI=1S/C39H40N8O/c40-39(18-20-41-21-19-39)38(48)44-35(22-29-24-43-34-15-6-4-13-32(29)34)37-46-45-36(17-16-27-23-42-33-14-5-3-12-31(27)33)47(37)25-28-10-7-9-26-8-1-2-11-30(26)28/h1-15,23-24,35,41-43H,16-22,25,40H2,(H,44,48). The number of carbonyl (C=O) groups is 1. The number of hydrogen-bond donors (Lipinski definition) is 5. The number of nitrogens with one attached hydrogen (secondary N) is 4. The highest BCUT2D eigenvalue weighted by atomic mass is 16.2. The molecule has 0 aliphatic carbocycles. The first-order valence-electron chi connectivity index (χ1n) is 16.8. The van der Waals surface area contributed by atoms with Gasteiger partial charge in [0.2, 0.25) is 5.91 Å².